The Morgan fingerprint density at radius 3 is 2.74 bits per heavy atom. The van der Waals surface area contributed by atoms with E-state index in [1.165, 1.54) is 5.56 Å². The fourth-order valence-corrected chi connectivity index (χ4v) is 2.80. The molecular formula is C16H25IN4OS. The van der Waals surface area contributed by atoms with E-state index in [0.29, 0.717) is 18.4 Å². The molecule has 23 heavy (non-hydrogen) atoms. The van der Waals surface area contributed by atoms with Gasteiger partial charge in [-0.05, 0) is 49.1 Å². The van der Waals surface area contributed by atoms with Crippen LogP contribution < -0.4 is 10.6 Å². The second-order valence-corrected chi connectivity index (χ2v) is 6.06. The van der Waals surface area contributed by atoms with Gasteiger partial charge < -0.3 is 15.1 Å². The molecule has 0 aliphatic rings. The van der Waals surface area contributed by atoms with Gasteiger partial charge in [0.25, 0.3) is 0 Å². The van der Waals surface area contributed by atoms with Crippen molar-refractivity contribution in [2.45, 2.75) is 40.2 Å². The molecule has 1 unspecified atom stereocenters. The highest BCUT2D eigenvalue weighted by Gasteiger charge is 2.08. The largest absolute Gasteiger partial charge is 0.444 e. The summed E-state index contributed by atoms with van der Waals surface area (Å²) >= 11 is 1.73. The standard InChI is InChI=1S/C16H24N4OS.HI/c1-5-17-16(18-8-11(2)14-6-7-22-10-14)19-9-15-20-12(3)13(4)21-15;/h6-7,10-11H,5,8-9H2,1-4H3,(H2,17,18,19);1H. The van der Waals surface area contributed by atoms with Gasteiger partial charge in [-0.1, -0.05) is 6.92 Å². The molecule has 0 saturated carbocycles. The minimum Gasteiger partial charge on any atom is -0.444 e. The normalized spacial score (nSPS) is 12.6. The number of nitrogens with zero attached hydrogens (tertiary/aromatic N) is 2. The van der Waals surface area contributed by atoms with Crippen LogP contribution in [-0.4, -0.2) is 24.0 Å². The van der Waals surface area contributed by atoms with Gasteiger partial charge in [-0.2, -0.15) is 11.3 Å². The third-order valence-corrected chi connectivity index (χ3v) is 4.18. The number of aliphatic imine (C=N–C) groups is 1. The van der Waals surface area contributed by atoms with Crippen LogP contribution in [0.1, 0.15) is 42.7 Å². The Balaban J connectivity index is 0.00000264. The lowest BCUT2D eigenvalue weighted by Crippen LogP contribution is -2.39. The van der Waals surface area contributed by atoms with Crippen molar-refractivity contribution >= 4 is 41.3 Å². The van der Waals surface area contributed by atoms with Crippen molar-refractivity contribution in [3.63, 3.8) is 0 Å². The van der Waals surface area contributed by atoms with E-state index in [0.717, 1.165) is 30.5 Å². The maximum absolute atomic E-state index is 5.55. The Morgan fingerprint density at radius 2 is 2.17 bits per heavy atom. The van der Waals surface area contributed by atoms with E-state index in [9.17, 15) is 0 Å². The monoisotopic (exact) mass is 448 g/mol. The van der Waals surface area contributed by atoms with Crippen LogP contribution in [0.4, 0.5) is 0 Å². The predicted molar refractivity (Wildman–Crippen MR) is 107 cm³/mol. The highest BCUT2D eigenvalue weighted by Crippen LogP contribution is 2.17. The molecule has 2 N–H and O–H groups in total. The van der Waals surface area contributed by atoms with Crippen LogP contribution in [0.15, 0.2) is 26.2 Å². The zero-order valence-corrected chi connectivity index (χ0v) is 17.2. The summed E-state index contributed by atoms with van der Waals surface area (Å²) in [6, 6.07) is 2.17. The van der Waals surface area contributed by atoms with Crippen molar-refractivity contribution in [3.8, 4) is 0 Å². The van der Waals surface area contributed by atoms with E-state index in [1.807, 2.05) is 13.8 Å². The Labute approximate surface area is 159 Å². The summed E-state index contributed by atoms with van der Waals surface area (Å²) < 4.78 is 5.55. The molecule has 0 fully saturated rings. The average Bonchev–Trinajstić information content (AvgIpc) is 3.12. The van der Waals surface area contributed by atoms with Gasteiger partial charge in [0, 0.05) is 13.1 Å². The Morgan fingerprint density at radius 1 is 1.39 bits per heavy atom. The summed E-state index contributed by atoms with van der Waals surface area (Å²) in [5.41, 5.74) is 2.28. The SMILES string of the molecule is CCNC(=NCc1nc(C)c(C)o1)NCC(C)c1ccsc1.I. The molecule has 5 nitrogen and oxygen atoms in total. The number of nitrogens with one attached hydrogen (secondary N) is 2. The zero-order chi connectivity index (χ0) is 15.9. The molecule has 128 valence electrons. The summed E-state index contributed by atoms with van der Waals surface area (Å²) in [5, 5.41) is 10.9. The smallest absolute Gasteiger partial charge is 0.216 e. The molecule has 0 radical (unpaired) electrons. The number of guanidine groups is 1. The maximum Gasteiger partial charge on any atom is 0.216 e. The highest BCUT2D eigenvalue weighted by atomic mass is 127. The minimum absolute atomic E-state index is 0. The molecule has 0 aromatic carbocycles. The van der Waals surface area contributed by atoms with Gasteiger partial charge in [-0.15, -0.1) is 24.0 Å². The van der Waals surface area contributed by atoms with E-state index in [4.69, 9.17) is 4.42 Å². The molecule has 1 atom stereocenters. The number of oxazole rings is 1. The second-order valence-electron chi connectivity index (χ2n) is 5.28. The number of halogens is 1. The fourth-order valence-electron chi connectivity index (χ4n) is 2.02. The summed E-state index contributed by atoms with van der Waals surface area (Å²) in [6.45, 7) is 10.2. The molecule has 2 rings (SSSR count). The van der Waals surface area contributed by atoms with Crippen LogP contribution >= 0.6 is 35.3 Å². The zero-order valence-electron chi connectivity index (χ0n) is 14.0. The van der Waals surface area contributed by atoms with E-state index in [1.54, 1.807) is 11.3 Å². The lowest BCUT2D eigenvalue weighted by atomic mass is 10.1. The highest BCUT2D eigenvalue weighted by molar-refractivity contribution is 14.0. The molecule has 7 heteroatoms. The number of hydrogen-bond acceptors (Lipinski definition) is 4. The molecular weight excluding hydrogens is 423 g/mol. The van der Waals surface area contributed by atoms with Crippen molar-refractivity contribution in [3.05, 3.63) is 39.7 Å². The van der Waals surface area contributed by atoms with Gasteiger partial charge in [0.05, 0.1) is 5.69 Å². The van der Waals surface area contributed by atoms with Crippen LogP contribution in [0.2, 0.25) is 0 Å². The molecule has 0 saturated heterocycles. The number of rotatable bonds is 6. The lowest BCUT2D eigenvalue weighted by molar-refractivity contribution is 0.472. The first kappa shape index (κ1) is 20.0. The number of aromatic nitrogens is 1. The average molecular weight is 448 g/mol. The van der Waals surface area contributed by atoms with Crippen LogP contribution in [0, 0.1) is 13.8 Å². The van der Waals surface area contributed by atoms with Crippen molar-refractivity contribution in [1.29, 1.82) is 0 Å². The van der Waals surface area contributed by atoms with Gasteiger partial charge in [0.15, 0.2) is 5.96 Å². The molecule has 2 heterocycles. The maximum atomic E-state index is 5.55. The first-order valence-corrected chi connectivity index (χ1v) is 8.51. The molecule has 2 aromatic rings. The first-order chi connectivity index (χ1) is 10.6. The first-order valence-electron chi connectivity index (χ1n) is 7.57. The van der Waals surface area contributed by atoms with Crippen LogP contribution in [0.25, 0.3) is 0 Å². The molecule has 0 spiro atoms. The number of thiophene rings is 1. The Bertz CT molecular complexity index is 590. The Kier molecular flexibility index (Phi) is 8.60. The van der Waals surface area contributed by atoms with Crippen LogP contribution in [-0.2, 0) is 6.54 Å². The second kappa shape index (κ2) is 9.92. The lowest BCUT2D eigenvalue weighted by Gasteiger charge is -2.15. The van der Waals surface area contributed by atoms with E-state index in [2.05, 4.69) is 51.3 Å². The van der Waals surface area contributed by atoms with Gasteiger partial charge >= 0.3 is 0 Å². The molecule has 0 aliphatic heterocycles. The third-order valence-electron chi connectivity index (χ3n) is 3.48. The predicted octanol–water partition coefficient (Wildman–Crippen LogP) is 3.83. The molecule has 0 bridgehead atoms. The van der Waals surface area contributed by atoms with Gasteiger partial charge in [0.1, 0.15) is 12.3 Å². The summed E-state index contributed by atoms with van der Waals surface area (Å²) in [5.74, 6) is 2.74. The fraction of sp³-hybridized carbons (Fsp3) is 0.500. The van der Waals surface area contributed by atoms with Crippen molar-refractivity contribution in [1.82, 2.24) is 15.6 Å². The van der Waals surface area contributed by atoms with E-state index in [-0.39, 0.29) is 24.0 Å². The van der Waals surface area contributed by atoms with Crippen molar-refractivity contribution < 1.29 is 4.42 Å². The van der Waals surface area contributed by atoms with Crippen LogP contribution in [0.3, 0.4) is 0 Å². The van der Waals surface area contributed by atoms with Crippen molar-refractivity contribution in [2.75, 3.05) is 13.1 Å². The third kappa shape index (κ3) is 6.14. The quantitative estimate of drug-likeness (QED) is 0.401. The number of aryl methyl sites for hydroxylation is 2. The minimum atomic E-state index is 0. The molecule has 2 aromatic heterocycles. The van der Waals surface area contributed by atoms with E-state index < -0.39 is 0 Å². The molecule has 0 aliphatic carbocycles. The van der Waals surface area contributed by atoms with E-state index >= 15 is 0 Å². The summed E-state index contributed by atoms with van der Waals surface area (Å²) in [4.78, 5) is 8.88. The van der Waals surface area contributed by atoms with Gasteiger partial charge in [0.2, 0.25) is 5.89 Å². The van der Waals surface area contributed by atoms with Gasteiger partial charge in [-0.25, -0.2) is 9.98 Å². The summed E-state index contributed by atoms with van der Waals surface area (Å²) in [6.07, 6.45) is 0. The summed E-state index contributed by atoms with van der Waals surface area (Å²) in [7, 11) is 0. The van der Waals surface area contributed by atoms with Crippen molar-refractivity contribution in [2.24, 2.45) is 4.99 Å². The molecule has 0 amide bonds. The van der Waals surface area contributed by atoms with Gasteiger partial charge in [-0.3, -0.25) is 0 Å². The number of hydrogen-bond donors (Lipinski definition) is 2. The van der Waals surface area contributed by atoms with Crippen LogP contribution in [0.5, 0.6) is 0 Å². The Hall–Kier alpha value is -1.09. The topological polar surface area (TPSA) is 62.5 Å².